The largest absolute Gasteiger partial charge is 0.465 e. The summed E-state index contributed by atoms with van der Waals surface area (Å²) < 4.78 is 4.53. The van der Waals surface area contributed by atoms with Crippen molar-refractivity contribution in [1.82, 2.24) is 4.98 Å². The van der Waals surface area contributed by atoms with Crippen LogP contribution in [0.1, 0.15) is 21.7 Å². The van der Waals surface area contributed by atoms with E-state index in [0.717, 1.165) is 0 Å². The lowest BCUT2D eigenvalue weighted by atomic mass is 10.2. The summed E-state index contributed by atoms with van der Waals surface area (Å²) in [7, 11) is 1.29. The maximum Gasteiger partial charge on any atom is 0.338 e. The third-order valence-electron chi connectivity index (χ3n) is 1.54. The van der Waals surface area contributed by atoms with Gasteiger partial charge < -0.3 is 4.74 Å². The van der Waals surface area contributed by atoms with E-state index in [0.29, 0.717) is 17.0 Å². The Morgan fingerprint density at radius 2 is 1.86 bits per heavy atom. The summed E-state index contributed by atoms with van der Waals surface area (Å²) in [5.41, 5.74) is 0.949. The van der Waals surface area contributed by atoms with Crippen LogP contribution in [-0.2, 0) is 4.74 Å². The van der Waals surface area contributed by atoms with Crippen LogP contribution < -0.4 is 0 Å². The molecule has 0 fully saturated rings. The predicted octanol–water partition coefficient (Wildman–Crippen LogP) is 0.831. The molecule has 1 aromatic heterocycles. The van der Waals surface area contributed by atoms with E-state index < -0.39 is 5.97 Å². The molecule has 0 bridgehead atoms. The van der Waals surface area contributed by atoms with Crippen LogP contribution in [-0.4, -0.2) is 18.1 Å². The zero-order chi connectivity index (χ0) is 10.6. The fourth-order valence-corrected chi connectivity index (χ4v) is 0.914. The van der Waals surface area contributed by atoms with Crippen molar-refractivity contribution in [2.24, 2.45) is 0 Å². The summed E-state index contributed by atoms with van der Waals surface area (Å²) in [5.74, 6) is 4.13. The van der Waals surface area contributed by atoms with Crippen molar-refractivity contribution in [3.05, 3.63) is 29.1 Å². The Morgan fingerprint density at radius 1 is 1.36 bits per heavy atom. The second-order valence-electron chi connectivity index (χ2n) is 2.41. The number of esters is 1. The second-order valence-corrected chi connectivity index (χ2v) is 2.41. The molecule has 14 heavy (non-hydrogen) atoms. The molecular weight excluding hydrogens is 178 g/mol. The highest BCUT2D eigenvalue weighted by Gasteiger charge is 2.07. The molecule has 0 saturated heterocycles. The van der Waals surface area contributed by atoms with Gasteiger partial charge in [0.25, 0.3) is 0 Å². The smallest absolute Gasteiger partial charge is 0.338 e. The maximum absolute atomic E-state index is 11.2. The summed E-state index contributed by atoms with van der Waals surface area (Å²) in [6.07, 6.45) is 10.3. The fourth-order valence-electron chi connectivity index (χ4n) is 0.914. The molecule has 1 rings (SSSR count). The van der Waals surface area contributed by atoms with Gasteiger partial charge in [-0.3, -0.25) is 0 Å². The van der Waals surface area contributed by atoms with E-state index in [-0.39, 0.29) is 0 Å². The average Bonchev–Trinajstić information content (AvgIpc) is 2.27. The van der Waals surface area contributed by atoms with Gasteiger partial charge in [0.15, 0.2) is 0 Å². The van der Waals surface area contributed by atoms with Crippen LogP contribution in [0.3, 0.4) is 0 Å². The monoisotopic (exact) mass is 185 g/mol. The van der Waals surface area contributed by atoms with Gasteiger partial charge >= 0.3 is 5.97 Å². The van der Waals surface area contributed by atoms with E-state index in [1.165, 1.54) is 19.2 Å². The van der Waals surface area contributed by atoms with Crippen LogP contribution in [0.2, 0.25) is 0 Å². The molecule has 0 aromatic carbocycles. The number of carbonyl (C=O) groups is 1. The molecule has 0 aliphatic carbocycles. The maximum atomic E-state index is 11.2. The van der Waals surface area contributed by atoms with E-state index in [2.05, 4.69) is 21.6 Å². The van der Waals surface area contributed by atoms with Crippen LogP contribution in [0.5, 0.6) is 0 Å². The minimum atomic E-state index is -0.486. The van der Waals surface area contributed by atoms with Crippen molar-refractivity contribution >= 4 is 5.97 Å². The summed E-state index contributed by atoms with van der Waals surface area (Å²) in [6, 6.07) is 2.90. The number of rotatable bonds is 1. The van der Waals surface area contributed by atoms with E-state index in [1.807, 2.05) is 0 Å². The molecule has 0 N–H and O–H groups in total. The number of hydrogen-bond acceptors (Lipinski definition) is 3. The summed E-state index contributed by atoms with van der Waals surface area (Å²) in [5, 5.41) is 0. The highest BCUT2D eigenvalue weighted by molar-refractivity contribution is 5.89. The van der Waals surface area contributed by atoms with E-state index in [1.54, 1.807) is 0 Å². The molecular formula is C11H7NO2. The first-order valence-corrected chi connectivity index (χ1v) is 3.75. The highest BCUT2D eigenvalue weighted by Crippen LogP contribution is 2.06. The number of pyridine rings is 1. The van der Waals surface area contributed by atoms with Gasteiger partial charge in [-0.05, 0) is 12.1 Å². The predicted molar refractivity (Wildman–Crippen MR) is 51.4 cm³/mol. The molecule has 0 amide bonds. The van der Waals surface area contributed by atoms with Crippen LogP contribution in [0.4, 0.5) is 0 Å². The molecule has 0 saturated carbocycles. The summed E-state index contributed by atoms with van der Waals surface area (Å²) in [4.78, 5) is 15.1. The van der Waals surface area contributed by atoms with Crippen LogP contribution in [0.15, 0.2) is 12.1 Å². The zero-order valence-corrected chi connectivity index (χ0v) is 7.57. The van der Waals surface area contributed by atoms with Crippen molar-refractivity contribution in [2.75, 3.05) is 7.11 Å². The highest BCUT2D eigenvalue weighted by atomic mass is 16.5. The Balaban J connectivity index is 3.27. The molecule has 3 nitrogen and oxygen atoms in total. The van der Waals surface area contributed by atoms with Gasteiger partial charge in [0.05, 0.1) is 12.7 Å². The van der Waals surface area contributed by atoms with Crippen LogP contribution in [0, 0.1) is 24.7 Å². The summed E-state index contributed by atoms with van der Waals surface area (Å²) >= 11 is 0. The first-order valence-electron chi connectivity index (χ1n) is 3.75. The molecule has 0 aliphatic heterocycles. The molecule has 0 atom stereocenters. The Hall–Kier alpha value is -2.26. The molecule has 3 heteroatoms. The molecule has 0 unspecified atom stereocenters. The van der Waals surface area contributed by atoms with Gasteiger partial charge in [0.2, 0.25) is 0 Å². The van der Waals surface area contributed by atoms with Crippen molar-refractivity contribution in [2.45, 2.75) is 0 Å². The average molecular weight is 185 g/mol. The van der Waals surface area contributed by atoms with Gasteiger partial charge in [-0.15, -0.1) is 12.8 Å². The number of methoxy groups -OCH3 is 1. The van der Waals surface area contributed by atoms with E-state index in [9.17, 15) is 4.79 Å². The molecule has 1 aromatic rings. The fraction of sp³-hybridized carbons (Fsp3) is 0.0909. The Kier molecular flexibility index (Phi) is 2.89. The number of carbonyl (C=O) groups excluding carboxylic acids is 1. The first-order chi connectivity index (χ1) is 6.71. The topological polar surface area (TPSA) is 39.2 Å². The zero-order valence-electron chi connectivity index (χ0n) is 7.57. The van der Waals surface area contributed by atoms with Gasteiger partial charge in [-0.2, -0.15) is 0 Å². The SMILES string of the molecule is C#Cc1cc(C(=O)OC)cc(C#C)n1. The van der Waals surface area contributed by atoms with Crippen molar-refractivity contribution in [1.29, 1.82) is 0 Å². The Bertz CT molecular complexity index is 417. The number of ether oxygens (including phenoxy) is 1. The Morgan fingerprint density at radius 3 is 2.21 bits per heavy atom. The van der Waals surface area contributed by atoms with Gasteiger partial charge in [-0.1, -0.05) is 11.8 Å². The number of terminal acetylenes is 2. The second kappa shape index (κ2) is 4.11. The number of hydrogen-bond donors (Lipinski definition) is 0. The normalized spacial score (nSPS) is 8.50. The van der Waals surface area contributed by atoms with Crippen molar-refractivity contribution in [3.8, 4) is 24.7 Å². The van der Waals surface area contributed by atoms with Crippen molar-refractivity contribution in [3.63, 3.8) is 0 Å². The van der Waals surface area contributed by atoms with Gasteiger partial charge in [0.1, 0.15) is 11.4 Å². The number of nitrogens with zero attached hydrogens (tertiary/aromatic N) is 1. The first kappa shape index (κ1) is 9.83. The molecule has 0 aliphatic rings. The molecule has 0 spiro atoms. The summed E-state index contributed by atoms with van der Waals surface area (Å²) in [6.45, 7) is 0. The van der Waals surface area contributed by atoms with Crippen molar-refractivity contribution < 1.29 is 9.53 Å². The minimum Gasteiger partial charge on any atom is -0.465 e. The third kappa shape index (κ3) is 1.91. The van der Waals surface area contributed by atoms with Gasteiger partial charge in [-0.25, -0.2) is 9.78 Å². The quantitative estimate of drug-likeness (QED) is 0.480. The van der Waals surface area contributed by atoms with Crippen LogP contribution >= 0.6 is 0 Å². The third-order valence-corrected chi connectivity index (χ3v) is 1.54. The van der Waals surface area contributed by atoms with E-state index >= 15 is 0 Å². The van der Waals surface area contributed by atoms with E-state index in [4.69, 9.17) is 12.8 Å². The van der Waals surface area contributed by atoms with Crippen LogP contribution in [0.25, 0.3) is 0 Å². The lowest BCUT2D eigenvalue weighted by Crippen LogP contribution is -2.03. The lowest BCUT2D eigenvalue weighted by Gasteiger charge is -2.00. The van der Waals surface area contributed by atoms with Gasteiger partial charge in [0, 0.05) is 0 Å². The lowest BCUT2D eigenvalue weighted by molar-refractivity contribution is 0.0600. The molecule has 0 radical (unpaired) electrons. The Labute approximate surface area is 82.1 Å². The standard InChI is InChI=1S/C11H7NO2/c1-4-9-6-8(11(13)14-3)7-10(5-2)12-9/h1-2,6-7H,3H3. The minimum absolute atomic E-state index is 0.309. The molecule has 68 valence electrons. The number of aromatic nitrogens is 1. The molecule has 1 heterocycles.